The van der Waals surface area contributed by atoms with Crippen LogP contribution >= 0.6 is 11.8 Å². The number of amidine groups is 1. The van der Waals surface area contributed by atoms with E-state index in [1.54, 1.807) is 11.8 Å². The molecular weight excluding hydrogens is 216 g/mol. The van der Waals surface area contributed by atoms with Crippen molar-refractivity contribution in [3.05, 3.63) is 35.9 Å². The Balaban J connectivity index is 1.86. The van der Waals surface area contributed by atoms with Gasteiger partial charge in [0.15, 0.2) is 5.17 Å². The Morgan fingerprint density at radius 1 is 1.38 bits per heavy atom. The maximum Gasteiger partial charge on any atom is 0.156 e. The van der Waals surface area contributed by atoms with E-state index in [9.17, 15) is 0 Å². The standard InChI is InChI=1S/C13H18N2S/c1-2-16-13-14-9-12(10-15-13)8-11-6-4-3-5-7-11/h3-7,12H,2,8-10H2,1H3,(H,14,15). The number of thioether (sulfide) groups is 1. The molecule has 0 bridgehead atoms. The highest BCUT2D eigenvalue weighted by Gasteiger charge is 2.15. The van der Waals surface area contributed by atoms with Crippen LogP contribution in [0, 0.1) is 5.92 Å². The van der Waals surface area contributed by atoms with Crippen molar-refractivity contribution in [2.45, 2.75) is 13.3 Å². The van der Waals surface area contributed by atoms with Gasteiger partial charge in [-0.15, -0.1) is 0 Å². The lowest BCUT2D eigenvalue weighted by molar-refractivity contribution is 0.508. The van der Waals surface area contributed by atoms with Gasteiger partial charge in [0, 0.05) is 13.1 Å². The molecule has 0 radical (unpaired) electrons. The minimum Gasteiger partial charge on any atom is -0.365 e. The molecule has 1 unspecified atom stereocenters. The summed E-state index contributed by atoms with van der Waals surface area (Å²) in [6, 6.07) is 10.7. The lowest BCUT2D eigenvalue weighted by Gasteiger charge is -2.22. The zero-order valence-electron chi connectivity index (χ0n) is 9.65. The summed E-state index contributed by atoms with van der Waals surface area (Å²) in [7, 11) is 0. The molecule has 1 heterocycles. The summed E-state index contributed by atoms with van der Waals surface area (Å²) in [5.74, 6) is 1.73. The topological polar surface area (TPSA) is 24.4 Å². The molecule has 0 saturated heterocycles. The second kappa shape index (κ2) is 5.94. The van der Waals surface area contributed by atoms with Crippen molar-refractivity contribution in [2.24, 2.45) is 10.9 Å². The Labute approximate surface area is 102 Å². The van der Waals surface area contributed by atoms with Crippen molar-refractivity contribution in [3.8, 4) is 0 Å². The van der Waals surface area contributed by atoms with E-state index in [2.05, 4.69) is 47.6 Å². The SMILES string of the molecule is CCSC1=NCC(Cc2ccccc2)CN1. The van der Waals surface area contributed by atoms with Gasteiger partial charge in [-0.1, -0.05) is 49.0 Å². The van der Waals surface area contributed by atoms with E-state index in [0.717, 1.165) is 30.4 Å². The van der Waals surface area contributed by atoms with Crippen molar-refractivity contribution in [3.63, 3.8) is 0 Å². The van der Waals surface area contributed by atoms with Gasteiger partial charge in [-0.3, -0.25) is 4.99 Å². The van der Waals surface area contributed by atoms with Crippen LogP contribution in [0.25, 0.3) is 0 Å². The lowest BCUT2D eigenvalue weighted by Crippen LogP contribution is -2.35. The van der Waals surface area contributed by atoms with E-state index in [4.69, 9.17) is 0 Å². The first-order valence-corrected chi connectivity index (χ1v) is 6.82. The molecule has 2 nitrogen and oxygen atoms in total. The van der Waals surface area contributed by atoms with Gasteiger partial charge < -0.3 is 5.32 Å². The van der Waals surface area contributed by atoms with Crippen LogP contribution in [0.3, 0.4) is 0 Å². The summed E-state index contributed by atoms with van der Waals surface area (Å²) in [4.78, 5) is 4.57. The molecule has 0 aliphatic carbocycles. The summed E-state index contributed by atoms with van der Waals surface area (Å²) in [5.41, 5.74) is 1.41. The largest absolute Gasteiger partial charge is 0.365 e. The maximum absolute atomic E-state index is 4.57. The Kier molecular flexibility index (Phi) is 4.28. The number of hydrogen-bond acceptors (Lipinski definition) is 3. The molecule has 86 valence electrons. The summed E-state index contributed by atoms with van der Waals surface area (Å²) in [5, 5.41) is 4.52. The highest BCUT2D eigenvalue weighted by Crippen LogP contribution is 2.13. The van der Waals surface area contributed by atoms with E-state index in [-0.39, 0.29) is 0 Å². The third kappa shape index (κ3) is 3.27. The van der Waals surface area contributed by atoms with Gasteiger partial charge in [0.25, 0.3) is 0 Å². The summed E-state index contributed by atoms with van der Waals surface area (Å²) >= 11 is 1.80. The molecule has 0 saturated carbocycles. The van der Waals surface area contributed by atoms with E-state index in [0.29, 0.717) is 5.92 Å². The maximum atomic E-state index is 4.57. The Morgan fingerprint density at radius 3 is 2.81 bits per heavy atom. The van der Waals surface area contributed by atoms with Gasteiger partial charge in [-0.25, -0.2) is 0 Å². The average molecular weight is 234 g/mol. The Morgan fingerprint density at radius 2 is 2.19 bits per heavy atom. The van der Waals surface area contributed by atoms with Crippen LogP contribution in [0.15, 0.2) is 35.3 Å². The molecule has 0 amide bonds. The Hall–Kier alpha value is -0.960. The predicted molar refractivity (Wildman–Crippen MR) is 72.1 cm³/mol. The molecule has 1 aliphatic rings. The fourth-order valence-corrected chi connectivity index (χ4v) is 2.51. The molecule has 1 atom stereocenters. The van der Waals surface area contributed by atoms with Crippen LogP contribution in [-0.2, 0) is 6.42 Å². The quantitative estimate of drug-likeness (QED) is 0.869. The number of hydrogen-bond donors (Lipinski definition) is 1. The van der Waals surface area contributed by atoms with Crippen LogP contribution in [-0.4, -0.2) is 24.0 Å². The second-order valence-corrected chi connectivity index (χ2v) is 5.27. The molecule has 16 heavy (non-hydrogen) atoms. The van der Waals surface area contributed by atoms with E-state index in [1.807, 2.05) is 0 Å². The van der Waals surface area contributed by atoms with Gasteiger partial charge in [-0.05, 0) is 23.7 Å². The first kappa shape index (κ1) is 11.5. The molecule has 0 fully saturated rings. The lowest BCUT2D eigenvalue weighted by atomic mass is 9.99. The molecule has 1 N–H and O–H groups in total. The van der Waals surface area contributed by atoms with Crippen LogP contribution in [0.1, 0.15) is 12.5 Å². The fourth-order valence-electron chi connectivity index (χ4n) is 1.88. The summed E-state index contributed by atoms with van der Waals surface area (Å²) < 4.78 is 0. The normalized spacial score (nSPS) is 20.1. The van der Waals surface area contributed by atoms with Gasteiger partial charge in [0.2, 0.25) is 0 Å². The van der Waals surface area contributed by atoms with Crippen LogP contribution in [0.4, 0.5) is 0 Å². The number of rotatable bonds is 3. The Bertz CT molecular complexity index is 348. The van der Waals surface area contributed by atoms with Gasteiger partial charge in [0.05, 0.1) is 0 Å². The number of nitrogens with one attached hydrogen (secondary N) is 1. The minimum atomic E-state index is 0.642. The van der Waals surface area contributed by atoms with Crippen LogP contribution in [0.2, 0.25) is 0 Å². The van der Waals surface area contributed by atoms with Crippen molar-refractivity contribution < 1.29 is 0 Å². The van der Waals surface area contributed by atoms with Crippen molar-refractivity contribution in [1.82, 2.24) is 5.32 Å². The molecule has 1 aromatic rings. The number of aliphatic imine (C=N–C) groups is 1. The van der Waals surface area contributed by atoms with Crippen molar-refractivity contribution in [1.29, 1.82) is 0 Å². The van der Waals surface area contributed by atoms with E-state index < -0.39 is 0 Å². The molecule has 1 aliphatic heterocycles. The van der Waals surface area contributed by atoms with Crippen LogP contribution < -0.4 is 5.32 Å². The number of nitrogens with zero attached hydrogens (tertiary/aromatic N) is 1. The van der Waals surface area contributed by atoms with Crippen molar-refractivity contribution >= 4 is 16.9 Å². The zero-order valence-corrected chi connectivity index (χ0v) is 10.5. The first-order valence-electron chi connectivity index (χ1n) is 5.83. The first-order chi connectivity index (χ1) is 7.88. The molecule has 0 aromatic heterocycles. The zero-order chi connectivity index (χ0) is 11.2. The van der Waals surface area contributed by atoms with E-state index in [1.165, 1.54) is 5.56 Å². The monoisotopic (exact) mass is 234 g/mol. The summed E-state index contributed by atoms with van der Waals surface area (Å²) in [6.45, 7) is 4.18. The minimum absolute atomic E-state index is 0.642. The molecule has 1 aromatic carbocycles. The highest BCUT2D eigenvalue weighted by atomic mass is 32.2. The van der Waals surface area contributed by atoms with Crippen LogP contribution in [0.5, 0.6) is 0 Å². The third-order valence-corrected chi connectivity index (χ3v) is 3.52. The van der Waals surface area contributed by atoms with Gasteiger partial charge in [0.1, 0.15) is 0 Å². The molecule has 3 heteroatoms. The predicted octanol–water partition coefficient (Wildman–Crippen LogP) is 2.56. The number of benzene rings is 1. The second-order valence-electron chi connectivity index (χ2n) is 4.02. The fraction of sp³-hybridized carbons (Fsp3) is 0.462. The smallest absolute Gasteiger partial charge is 0.156 e. The van der Waals surface area contributed by atoms with Crippen molar-refractivity contribution in [2.75, 3.05) is 18.8 Å². The summed E-state index contributed by atoms with van der Waals surface area (Å²) in [6.07, 6.45) is 1.13. The van der Waals surface area contributed by atoms with Gasteiger partial charge >= 0.3 is 0 Å². The highest BCUT2D eigenvalue weighted by molar-refractivity contribution is 8.13. The molecular formula is C13H18N2S. The van der Waals surface area contributed by atoms with Gasteiger partial charge in [-0.2, -0.15) is 0 Å². The average Bonchev–Trinajstić information content (AvgIpc) is 2.33. The molecule has 2 rings (SSSR count). The molecule has 0 spiro atoms. The van der Waals surface area contributed by atoms with E-state index >= 15 is 0 Å². The third-order valence-electron chi connectivity index (χ3n) is 2.68.